The molecule has 0 heterocycles. The maximum Gasteiger partial charge on any atom is 0.119 e. The molecule has 0 aliphatic heterocycles. The van der Waals surface area contributed by atoms with Crippen molar-refractivity contribution in [2.75, 3.05) is 13.2 Å². The van der Waals surface area contributed by atoms with Crippen molar-refractivity contribution in [3.05, 3.63) is 82.9 Å². The van der Waals surface area contributed by atoms with Crippen LogP contribution < -0.4 is 9.47 Å². The fraction of sp³-hybridized carbons (Fsp3) is 0.444. The van der Waals surface area contributed by atoms with Crippen molar-refractivity contribution in [1.82, 2.24) is 0 Å². The number of ether oxygens (including phenoxy) is 2. The summed E-state index contributed by atoms with van der Waals surface area (Å²) in [4.78, 5) is 9.15. The lowest BCUT2D eigenvalue weighted by atomic mass is 10.1. The van der Waals surface area contributed by atoms with Gasteiger partial charge in [0.2, 0.25) is 0 Å². The Hall–Kier alpha value is -3.11. The summed E-state index contributed by atoms with van der Waals surface area (Å²) in [5, 5.41) is 0.563. The third kappa shape index (κ3) is 13.4. The summed E-state index contributed by atoms with van der Waals surface area (Å²) < 4.78 is 11.7. The van der Waals surface area contributed by atoms with Crippen LogP contribution in [0.25, 0.3) is 0 Å². The first kappa shape index (κ1) is 32.4. The van der Waals surface area contributed by atoms with Gasteiger partial charge in [0.15, 0.2) is 0 Å². The minimum atomic E-state index is 0.563. The highest BCUT2D eigenvalue weighted by molar-refractivity contribution is 6.33. The van der Waals surface area contributed by atoms with Crippen LogP contribution in [-0.4, -0.2) is 25.6 Å². The van der Waals surface area contributed by atoms with Gasteiger partial charge in [-0.1, -0.05) is 89.7 Å². The molecule has 0 aromatic heterocycles. The van der Waals surface area contributed by atoms with Crippen molar-refractivity contribution in [2.45, 2.75) is 90.9 Å². The molecule has 0 unspecified atom stereocenters. The van der Waals surface area contributed by atoms with Gasteiger partial charge in [-0.3, -0.25) is 9.98 Å². The molecule has 0 aliphatic carbocycles. The van der Waals surface area contributed by atoms with E-state index in [1.165, 1.54) is 64.2 Å². The monoisotopic (exact) mass is 574 g/mol. The summed E-state index contributed by atoms with van der Waals surface area (Å²) in [6.07, 6.45) is 18.8. The molecule has 0 fully saturated rings. The van der Waals surface area contributed by atoms with E-state index in [1.807, 2.05) is 79.2 Å². The van der Waals surface area contributed by atoms with Gasteiger partial charge in [-0.25, -0.2) is 0 Å². The summed E-state index contributed by atoms with van der Waals surface area (Å²) in [7, 11) is 0. The van der Waals surface area contributed by atoms with Crippen molar-refractivity contribution in [1.29, 1.82) is 0 Å². The summed E-state index contributed by atoms with van der Waals surface area (Å²) in [6.45, 7) is 6.02. The number of hydrogen-bond donors (Lipinski definition) is 0. The van der Waals surface area contributed by atoms with E-state index in [4.69, 9.17) is 21.1 Å². The van der Waals surface area contributed by atoms with Crippen molar-refractivity contribution in [3.63, 3.8) is 0 Å². The Morgan fingerprint density at radius 1 is 0.561 bits per heavy atom. The maximum absolute atomic E-state index is 6.51. The average molecular weight is 575 g/mol. The van der Waals surface area contributed by atoms with E-state index in [-0.39, 0.29) is 0 Å². The summed E-state index contributed by atoms with van der Waals surface area (Å²) >= 11 is 6.51. The van der Waals surface area contributed by atoms with Gasteiger partial charge in [0.1, 0.15) is 11.5 Å². The van der Waals surface area contributed by atoms with E-state index in [0.717, 1.165) is 54.4 Å². The van der Waals surface area contributed by atoms with Crippen LogP contribution in [0.3, 0.4) is 0 Å². The van der Waals surface area contributed by atoms with Gasteiger partial charge in [-0.2, -0.15) is 0 Å². The second-order valence-electron chi connectivity index (χ2n) is 10.5. The molecule has 0 spiro atoms. The van der Waals surface area contributed by atoms with Crippen molar-refractivity contribution in [2.24, 2.45) is 9.98 Å². The molecule has 3 aromatic carbocycles. The van der Waals surface area contributed by atoms with Crippen LogP contribution in [0.4, 0.5) is 11.4 Å². The predicted octanol–water partition coefficient (Wildman–Crippen LogP) is 11.3. The number of hydrogen-bond acceptors (Lipinski definition) is 4. The summed E-state index contributed by atoms with van der Waals surface area (Å²) in [6, 6.07) is 21.7. The van der Waals surface area contributed by atoms with E-state index in [9.17, 15) is 0 Å². The zero-order valence-corrected chi connectivity index (χ0v) is 25.7. The Balaban J connectivity index is 1.41. The van der Waals surface area contributed by atoms with E-state index in [2.05, 4.69) is 23.8 Å². The molecule has 0 aliphatic rings. The van der Waals surface area contributed by atoms with E-state index in [0.29, 0.717) is 10.7 Å². The number of nitrogens with zero attached hydrogens (tertiary/aromatic N) is 2. The van der Waals surface area contributed by atoms with Crippen LogP contribution in [0.1, 0.15) is 102 Å². The van der Waals surface area contributed by atoms with Gasteiger partial charge in [-0.15, -0.1) is 0 Å². The molecular weight excluding hydrogens is 528 g/mol. The Bertz CT molecular complexity index is 1170. The van der Waals surface area contributed by atoms with E-state index < -0.39 is 0 Å². The minimum absolute atomic E-state index is 0.563. The maximum atomic E-state index is 6.51. The number of halogens is 1. The average Bonchev–Trinajstić information content (AvgIpc) is 3.00. The van der Waals surface area contributed by atoms with Gasteiger partial charge < -0.3 is 9.47 Å². The van der Waals surface area contributed by atoms with Gasteiger partial charge in [-0.05, 0) is 90.7 Å². The van der Waals surface area contributed by atoms with Gasteiger partial charge in [0.25, 0.3) is 0 Å². The topological polar surface area (TPSA) is 43.2 Å². The van der Waals surface area contributed by atoms with E-state index in [1.54, 1.807) is 0 Å². The normalized spacial score (nSPS) is 11.5. The van der Waals surface area contributed by atoms with Crippen molar-refractivity contribution >= 4 is 35.4 Å². The van der Waals surface area contributed by atoms with Crippen LogP contribution >= 0.6 is 11.6 Å². The third-order valence-electron chi connectivity index (χ3n) is 6.94. The van der Waals surface area contributed by atoms with Gasteiger partial charge in [0, 0.05) is 12.4 Å². The molecule has 3 rings (SSSR count). The Labute approximate surface area is 252 Å². The van der Waals surface area contributed by atoms with Gasteiger partial charge in [0.05, 0.1) is 29.6 Å². The Morgan fingerprint density at radius 2 is 1.02 bits per heavy atom. The van der Waals surface area contributed by atoms with Crippen LogP contribution in [0, 0.1) is 0 Å². The molecule has 0 bridgehead atoms. The molecule has 0 amide bonds. The Morgan fingerprint density at radius 3 is 1.51 bits per heavy atom. The standard InChI is InChI=1S/C36H47ClN2O2/c1-3-5-7-9-11-13-25-40-33-20-15-30(16-21-33)28-38-32-19-24-36(35(37)27-32)39-29-31-17-22-34(23-18-31)41-26-14-12-10-8-6-4-2/h15-24,27-29H,3-14,25-26H2,1-2H3/b38-28+,39-29+. The highest BCUT2D eigenvalue weighted by atomic mass is 35.5. The van der Waals surface area contributed by atoms with E-state index >= 15 is 0 Å². The molecule has 0 N–H and O–H groups in total. The smallest absolute Gasteiger partial charge is 0.119 e. The molecule has 5 heteroatoms. The van der Waals surface area contributed by atoms with Crippen LogP contribution in [-0.2, 0) is 0 Å². The minimum Gasteiger partial charge on any atom is -0.494 e. The lowest BCUT2D eigenvalue weighted by Crippen LogP contribution is -1.97. The highest BCUT2D eigenvalue weighted by Gasteiger charge is 2.01. The molecule has 0 saturated heterocycles. The molecular formula is C36H47ClN2O2. The largest absolute Gasteiger partial charge is 0.494 e. The number of rotatable bonds is 20. The lowest BCUT2D eigenvalue weighted by Gasteiger charge is -2.06. The number of aliphatic imine (C=N–C) groups is 2. The SMILES string of the molecule is CCCCCCCCOc1ccc(/C=N/c2ccc(/N=C/c3ccc(OCCCCCCCC)cc3)c(Cl)c2)cc1. The van der Waals surface area contributed by atoms with Gasteiger partial charge >= 0.3 is 0 Å². The number of unbranched alkanes of at least 4 members (excludes halogenated alkanes) is 10. The lowest BCUT2D eigenvalue weighted by molar-refractivity contribution is 0.304. The highest BCUT2D eigenvalue weighted by Crippen LogP contribution is 2.29. The van der Waals surface area contributed by atoms with Crippen LogP contribution in [0.2, 0.25) is 5.02 Å². The summed E-state index contributed by atoms with van der Waals surface area (Å²) in [5.74, 6) is 1.79. The second-order valence-corrected chi connectivity index (χ2v) is 10.9. The molecule has 3 aromatic rings. The predicted molar refractivity (Wildman–Crippen MR) is 177 cm³/mol. The molecule has 4 nitrogen and oxygen atoms in total. The van der Waals surface area contributed by atoms with Crippen LogP contribution in [0.5, 0.6) is 11.5 Å². The molecule has 41 heavy (non-hydrogen) atoms. The molecule has 0 saturated carbocycles. The van der Waals surface area contributed by atoms with Crippen LogP contribution in [0.15, 0.2) is 76.7 Å². The van der Waals surface area contributed by atoms with Crippen molar-refractivity contribution in [3.8, 4) is 11.5 Å². The first-order valence-corrected chi connectivity index (χ1v) is 15.9. The zero-order chi connectivity index (χ0) is 29.0. The zero-order valence-electron chi connectivity index (χ0n) is 25.0. The Kier molecular flexibility index (Phi) is 15.7. The molecule has 0 atom stereocenters. The third-order valence-corrected chi connectivity index (χ3v) is 7.24. The second kappa shape index (κ2) is 19.9. The fourth-order valence-corrected chi connectivity index (χ4v) is 4.64. The first-order valence-electron chi connectivity index (χ1n) is 15.5. The quantitative estimate of drug-likeness (QED) is 0.0994. The fourth-order valence-electron chi connectivity index (χ4n) is 4.42. The van der Waals surface area contributed by atoms with Crippen molar-refractivity contribution < 1.29 is 9.47 Å². The summed E-state index contributed by atoms with van der Waals surface area (Å²) in [5.41, 5.74) is 3.49. The molecule has 220 valence electrons. The first-order chi connectivity index (χ1) is 20.2. The number of benzene rings is 3. The molecule has 0 radical (unpaired) electrons.